The van der Waals surface area contributed by atoms with E-state index < -0.39 is 0 Å². The van der Waals surface area contributed by atoms with Gasteiger partial charge in [-0.15, -0.1) is 0 Å². The fourth-order valence-corrected chi connectivity index (χ4v) is 2.78. The number of aliphatic hydroxyl groups is 1. The number of hydrogen-bond donors (Lipinski definition) is 2. The maximum absolute atomic E-state index is 12.4. The quantitative estimate of drug-likeness (QED) is 0.774. The number of benzene rings is 2. The summed E-state index contributed by atoms with van der Waals surface area (Å²) < 4.78 is 5.36. The third-order valence-electron chi connectivity index (χ3n) is 4.03. The van der Waals surface area contributed by atoms with Crippen molar-refractivity contribution in [3.63, 3.8) is 0 Å². The molecule has 0 heterocycles. The summed E-state index contributed by atoms with van der Waals surface area (Å²) in [5.41, 5.74) is 4.00. The average Bonchev–Trinajstić information content (AvgIpc) is 2.58. The van der Waals surface area contributed by atoms with Gasteiger partial charge in [-0.2, -0.15) is 0 Å². The molecule has 2 N–H and O–H groups in total. The Kier molecular flexibility index (Phi) is 6.98. The van der Waals surface area contributed by atoms with Crippen LogP contribution < -0.4 is 10.1 Å². The number of rotatable bonds is 8. The van der Waals surface area contributed by atoms with Gasteiger partial charge in [0.05, 0.1) is 20.3 Å². The number of anilines is 1. The zero-order chi connectivity index (χ0) is 18.2. The van der Waals surface area contributed by atoms with E-state index in [2.05, 4.69) is 5.32 Å². The number of carbonyl (C=O) groups excluding carboxylic acids is 1. The summed E-state index contributed by atoms with van der Waals surface area (Å²) in [5.74, 6) is 0.676. The molecule has 0 aliphatic heterocycles. The first-order valence-electron chi connectivity index (χ1n) is 8.35. The predicted octanol–water partition coefficient (Wildman–Crippen LogP) is 2.75. The van der Waals surface area contributed by atoms with Crippen molar-refractivity contribution in [1.82, 2.24) is 4.90 Å². The molecule has 0 spiro atoms. The van der Waals surface area contributed by atoms with Crippen molar-refractivity contribution in [1.29, 1.82) is 0 Å². The van der Waals surface area contributed by atoms with Crippen LogP contribution in [-0.4, -0.2) is 42.7 Å². The third kappa shape index (κ3) is 5.59. The van der Waals surface area contributed by atoms with Crippen molar-refractivity contribution in [2.45, 2.75) is 20.4 Å². The largest absolute Gasteiger partial charge is 0.496 e. The molecule has 0 saturated carbocycles. The minimum atomic E-state index is -0.102. The predicted molar refractivity (Wildman–Crippen MR) is 99.9 cm³/mol. The Labute approximate surface area is 149 Å². The van der Waals surface area contributed by atoms with Gasteiger partial charge in [-0.25, -0.2) is 0 Å². The molecule has 2 aromatic carbocycles. The van der Waals surface area contributed by atoms with Gasteiger partial charge in [0.1, 0.15) is 5.75 Å². The van der Waals surface area contributed by atoms with Crippen molar-refractivity contribution in [2.75, 3.05) is 32.1 Å². The second-order valence-corrected chi connectivity index (χ2v) is 6.11. The Morgan fingerprint density at radius 2 is 1.96 bits per heavy atom. The van der Waals surface area contributed by atoms with Crippen LogP contribution in [0.25, 0.3) is 0 Å². The van der Waals surface area contributed by atoms with Gasteiger partial charge in [0.15, 0.2) is 0 Å². The molecular formula is C20H26N2O3. The third-order valence-corrected chi connectivity index (χ3v) is 4.03. The summed E-state index contributed by atoms with van der Waals surface area (Å²) in [6, 6.07) is 13.6. The summed E-state index contributed by atoms with van der Waals surface area (Å²) in [6.45, 7) is 5.14. The first kappa shape index (κ1) is 19.0. The molecule has 134 valence electrons. The molecule has 1 amide bonds. The lowest BCUT2D eigenvalue weighted by molar-refractivity contribution is -0.117. The van der Waals surface area contributed by atoms with Gasteiger partial charge in [0.2, 0.25) is 5.91 Å². The van der Waals surface area contributed by atoms with E-state index in [1.165, 1.54) is 0 Å². The Morgan fingerprint density at radius 3 is 2.64 bits per heavy atom. The highest BCUT2D eigenvalue weighted by Crippen LogP contribution is 2.19. The number of nitrogens with one attached hydrogen (secondary N) is 1. The van der Waals surface area contributed by atoms with E-state index >= 15 is 0 Å². The Hall–Kier alpha value is -2.37. The Morgan fingerprint density at radius 1 is 1.20 bits per heavy atom. The van der Waals surface area contributed by atoms with E-state index in [1.807, 2.05) is 61.2 Å². The van der Waals surface area contributed by atoms with Crippen LogP contribution in [0.1, 0.15) is 16.7 Å². The maximum Gasteiger partial charge on any atom is 0.238 e. The smallest absolute Gasteiger partial charge is 0.238 e. The SMILES string of the molecule is COc1ccccc1CN(CCO)CC(=O)Nc1ccc(C)cc1C. The number of aryl methyl sites for hydroxylation is 2. The summed E-state index contributed by atoms with van der Waals surface area (Å²) in [5, 5.41) is 12.3. The van der Waals surface area contributed by atoms with Gasteiger partial charge < -0.3 is 15.2 Å². The molecule has 0 aliphatic carbocycles. The first-order valence-corrected chi connectivity index (χ1v) is 8.35. The summed E-state index contributed by atoms with van der Waals surface area (Å²) in [7, 11) is 1.63. The van der Waals surface area contributed by atoms with E-state index in [9.17, 15) is 9.90 Å². The second-order valence-electron chi connectivity index (χ2n) is 6.11. The number of methoxy groups -OCH3 is 1. The zero-order valence-corrected chi connectivity index (χ0v) is 15.1. The molecular weight excluding hydrogens is 316 g/mol. The first-order chi connectivity index (χ1) is 12.0. The second kappa shape index (κ2) is 9.20. The molecule has 0 atom stereocenters. The molecule has 5 heteroatoms. The van der Waals surface area contributed by atoms with Crippen LogP contribution in [0, 0.1) is 13.8 Å². The van der Waals surface area contributed by atoms with Crippen LogP contribution in [0.5, 0.6) is 5.75 Å². The Bertz CT molecular complexity index is 716. The van der Waals surface area contributed by atoms with Crippen LogP contribution >= 0.6 is 0 Å². The van der Waals surface area contributed by atoms with Crippen LogP contribution in [-0.2, 0) is 11.3 Å². The minimum Gasteiger partial charge on any atom is -0.496 e. The van der Waals surface area contributed by atoms with E-state index in [0.717, 1.165) is 28.1 Å². The molecule has 2 rings (SSSR count). The molecule has 0 radical (unpaired) electrons. The lowest BCUT2D eigenvalue weighted by Gasteiger charge is -2.22. The van der Waals surface area contributed by atoms with Crippen molar-refractivity contribution < 1.29 is 14.6 Å². The number of hydrogen-bond acceptors (Lipinski definition) is 4. The van der Waals surface area contributed by atoms with E-state index in [0.29, 0.717) is 13.1 Å². The molecule has 0 aromatic heterocycles. The monoisotopic (exact) mass is 342 g/mol. The van der Waals surface area contributed by atoms with Gasteiger partial charge >= 0.3 is 0 Å². The highest BCUT2D eigenvalue weighted by molar-refractivity contribution is 5.93. The Balaban J connectivity index is 2.03. The molecule has 0 aliphatic rings. The fourth-order valence-electron chi connectivity index (χ4n) is 2.78. The van der Waals surface area contributed by atoms with Crippen LogP contribution in [0.4, 0.5) is 5.69 Å². The number of amides is 1. The van der Waals surface area contributed by atoms with Crippen molar-refractivity contribution in [3.8, 4) is 5.75 Å². The van der Waals surface area contributed by atoms with Crippen LogP contribution in [0.2, 0.25) is 0 Å². The normalized spacial score (nSPS) is 10.8. The van der Waals surface area contributed by atoms with Crippen molar-refractivity contribution in [3.05, 3.63) is 59.2 Å². The fraction of sp³-hybridized carbons (Fsp3) is 0.350. The molecule has 0 unspecified atom stereocenters. The topological polar surface area (TPSA) is 61.8 Å². The van der Waals surface area contributed by atoms with E-state index in [1.54, 1.807) is 7.11 Å². The van der Waals surface area contributed by atoms with Crippen molar-refractivity contribution >= 4 is 11.6 Å². The van der Waals surface area contributed by atoms with Crippen LogP contribution in [0.15, 0.2) is 42.5 Å². The number of ether oxygens (including phenoxy) is 1. The van der Waals surface area contributed by atoms with Gasteiger partial charge in [0, 0.05) is 24.3 Å². The number of carbonyl (C=O) groups is 1. The molecule has 25 heavy (non-hydrogen) atoms. The van der Waals surface area contributed by atoms with Gasteiger partial charge in [-0.05, 0) is 31.5 Å². The summed E-state index contributed by atoms with van der Waals surface area (Å²) in [6.07, 6.45) is 0. The molecule has 0 saturated heterocycles. The van der Waals surface area contributed by atoms with E-state index in [4.69, 9.17) is 4.74 Å². The number of aliphatic hydroxyl groups excluding tert-OH is 1. The highest BCUT2D eigenvalue weighted by atomic mass is 16.5. The average molecular weight is 342 g/mol. The standard InChI is InChI=1S/C20H26N2O3/c1-15-8-9-18(16(2)12-15)21-20(24)14-22(10-11-23)13-17-6-4-5-7-19(17)25-3/h4-9,12,23H,10-11,13-14H2,1-3H3,(H,21,24). The van der Waals surface area contributed by atoms with Crippen LogP contribution in [0.3, 0.4) is 0 Å². The highest BCUT2D eigenvalue weighted by Gasteiger charge is 2.14. The van der Waals surface area contributed by atoms with Crippen molar-refractivity contribution in [2.24, 2.45) is 0 Å². The summed E-state index contributed by atoms with van der Waals surface area (Å²) >= 11 is 0. The zero-order valence-electron chi connectivity index (χ0n) is 15.1. The molecule has 5 nitrogen and oxygen atoms in total. The molecule has 0 fully saturated rings. The molecule has 0 bridgehead atoms. The maximum atomic E-state index is 12.4. The minimum absolute atomic E-state index is 0.00795. The lowest BCUT2D eigenvalue weighted by atomic mass is 10.1. The summed E-state index contributed by atoms with van der Waals surface area (Å²) in [4.78, 5) is 14.3. The van der Waals surface area contributed by atoms with Gasteiger partial charge in [0.25, 0.3) is 0 Å². The lowest BCUT2D eigenvalue weighted by Crippen LogP contribution is -2.35. The van der Waals surface area contributed by atoms with Gasteiger partial charge in [-0.3, -0.25) is 9.69 Å². The molecule has 2 aromatic rings. The van der Waals surface area contributed by atoms with E-state index in [-0.39, 0.29) is 19.1 Å². The van der Waals surface area contributed by atoms with Gasteiger partial charge in [-0.1, -0.05) is 35.9 Å². The number of para-hydroxylation sites is 1. The number of nitrogens with zero attached hydrogens (tertiary/aromatic N) is 1.